The number of sulfonamides is 1. The summed E-state index contributed by atoms with van der Waals surface area (Å²) in [7, 11) is -2.00. The Morgan fingerprint density at radius 3 is 2.23 bits per heavy atom. The van der Waals surface area contributed by atoms with E-state index in [0.29, 0.717) is 76.3 Å². The van der Waals surface area contributed by atoms with Crippen LogP contribution in [0.15, 0.2) is 34.1 Å². The standard InChI is InChI=1S/C30H48N4O8S/c1-39-18-19-41-21-20-40-17-16-34(42-24-26-9-5-4-6-10-26)43(37,38)22-8-3-2-7-13-32-27-28(30(36)29(27)35)33-23-25-11-14-31-15-12-25/h11-12,14-15,26,32-33H,2-10,13,16-24H2,1H3. The molecule has 1 fully saturated rings. The molecule has 242 valence electrons. The van der Waals surface area contributed by atoms with E-state index in [4.69, 9.17) is 19.0 Å². The molecule has 1 aromatic heterocycles. The predicted octanol–water partition coefficient (Wildman–Crippen LogP) is 3.09. The minimum Gasteiger partial charge on any atom is -0.382 e. The zero-order valence-corrected chi connectivity index (χ0v) is 26.2. The molecule has 1 saturated carbocycles. The topological polar surface area (TPSA) is 145 Å². The molecule has 43 heavy (non-hydrogen) atoms. The van der Waals surface area contributed by atoms with Crippen LogP contribution in [0.2, 0.25) is 0 Å². The van der Waals surface area contributed by atoms with E-state index in [9.17, 15) is 18.0 Å². The summed E-state index contributed by atoms with van der Waals surface area (Å²) in [6.45, 7) is 3.49. The van der Waals surface area contributed by atoms with Gasteiger partial charge in [0.05, 0.1) is 51.9 Å². The fourth-order valence-corrected chi connectivity index (χ4v) is 6.27. The highest BCUT2D eigenvalue weighted by atomic mass is 32.2. The molecule has 1 aliphatic rings. The van der Waals surface area contributed by atoms with Crippen molar-refractivity contribution >= 4 is 21.4 Å². The Hall–Kier alpha value is -2.42. The van der Waals surface area contributed by atoms with Gasteiger partial charge in [0.25, 0.3) is 10.9 Å². The van der Waals surface area contributed by atoms with Crippen molar-refractivity contribution in [3.8, 4) is 0 Å². The number of hydrogen-bond donors (Lipinski definition) is 2. The van der Waals surface area contributed by atoms with Gasteiger partial charge in [0.1, 0.15) is 11.4 Å². The van der Waals surface area contributed by atoms with E-state index in [0.717, 1.165) is 48.6 Å². The highest BCUT2D eigenvalue weighted by Crippen LogP contribution is 2.24. The third-order valence-electron chi connectivity index (χ3n) is 7.47. The van der Waals surface area contributed by atoms with E-state index in [2.05, 4.69) is 15.6 Å². The number of pyridine rings is 1. The van der Waals surface area contributed by atoms with Crippen molar-refractivity contribution in [1.29, 1.82) is 0 Å². The van der Waals surface area contributed by atoms with Crippen molar-refractivity contribution in [2.24, 2.45) is 5.92 Å². The van der Waals surface area contributed by atoms with Crippen molar-refractivity contribution in [2.45, 2.75) is 64.3 Å². The highest BCUT2D eigenvalue weighted by molar-refractivity contribution is 7.88. The second-order valence-electron chi connectivity index (χ2n) is 10.8. The Labute approximate surface area is 255 Å². The van der Waals surface area contributed by atoms with Gasteiger partial charge in [-0.05, 0) is 49.3 Å². The zero-order chi connectivity index (χ0) is 30.8. The van der Waals surface area contributed by atoms with Gasteiger partial charge in [0, 0.05) is 32.6 Å². The third-order valence-corrected chi connectivity index (χ3v) is 9.18. The molecule has 0 aliphatic heterocycles. The molecular weight excluding hydrogens is 576 g/mol. The lowest BCUT2D eigenvalue weighted by molar-refractivity contribution is -0.112. The van der Waals surface area contributed by atoms with E-state index in [1.807, 2.05) is 12.1 Å². The van der Waals surface area contributed by atoms with Crippen LogP contribution in [0.1, 0.15) is 63.4 Å². The number of methoxy groups -OCH3 is 1. The second kappa shape index (κ2) is 19.8. The molecular formula is C30H48N4O8S. The maximum absolute atomic E-state index is 13.1. The lowest BCUT2D eigenvalue weighted by Gasteiger charge is -2.26. The van der Waals surface area contributed by atoms with Crippen molar-refractivity contribution in [3.63, 3.8) is 0 Å². The van der Waals surface area contributed by atoms with Crippen LogP contribution in [0.25, 0.3) is 0 Å². The molecule has 3 rings (SSSR count). The van der Waals surface area contributed by atoms with Gasteiger partial charge in [0.2, 0.25) is 10.0 Å². The summed E-state index contributed by atoms with van der Waals surface area (Å²) in [5.41, 5.74) is 0.551. The van der Waals surface area contributed by atoms with Crippen molar-refractivity contribution in [2.75, 3.05) is 76.2 Å². The van der Waals surface area contributed by atoms with Crippen LogP contribution >= 0.6 is 0 Å². The Morgan fingerprint density at radius 1 is 0.860 bits per heavy atom. The Bertz CT molecular complexity index is 1210. The summed E-state index contributed by atoms with van der Waals surface area (Å²) < 4.78 is 43.3. The molecule has 2 N–H and O–H groups in total. The van der Waals surface area contributed by atoms with Gasteiger partial charge in [-0.15, -0.1) is 0 Å². The van der Waals surface area contributed by atoms with Crippen molar-refractivity contribution < 1.29 is 27.5 Å². The molecule has 13 heteroatoms. The zero-order valence-electron chi connectivity index (χ0n) is 25.4. The molecule has 1 aliphatic carbocycles. The van der Waals surface area contributed by atoms with Gasteiger partial charge < -0.3 is 24.8 Å². The summed E-state index contributed by atoms with van der Waals surface area (Å²) in [6.07, 6.45) is 11.8. The van der Waals surface area contributed by atoms with Crippen LogP contribution < -0.4 is 21.5 Å². The second-order valence-corrected chi connectivity index (χ2v) is 12.8. The molecule has 0 saturated heterocycles. The maximum atomic E-state index is 13.1. The largest absolute Gasteiger partial charge is 0.382 e. The molecule has 0 amide bonds. The van der Waals surface area contributed by atoms with Gasteiger partial charge in [0.15, 0.2) is 0 Å². The lowest BCUT2D eigenvalue weighted by Crippen LogP contribution is -2.37. The molecule has 2 aromatic rings. The van der Waals surface area contributed by atoms with Crippen LogP contribution in [-0.4, -0.2) is 83.5 Å². The number of aromatic nitrogens is 1. The summed E-state index contributed by atoms with van der Waals surface area (Å²) in [5, 5.41) is 6.10. The number of rotatable bonds is 24. The van der Waals surface area contributed by atoms with Gasteiger partial charge in [-0.2, -0.15) is 0 Å². The Balaban J connectivity index is 1.35. The van der Waals surface area contributed by atoms with E-state index < -0.39 is 20.9 Å². The van der Waals surface area contributed by atoms with Crippen LogP contribution in [0.4, 0.5) is 11.4 Å². The first-order valence-electron chi connectivity index (χ1n) is 15.4. The van der Waals surface area contributed by atoms with E-state index in [1.165, 1.54) is 6.42 Å². The fraction of sp³-hybridized carbons (Fsp3) is 0.700. The summed E-state index contributed by atoms with van der Waals surface area (Å²) in [4.78, 5) is 33.8. The minimum absolute atomic E-state index is 0.00750. The first-order valence-corrected chi connectivity index (χ1v) is 17.0. The van der Waals surface area contributed by atoms with Crippen molar-refractivity contribution in [1.82, 2.24) is 9.45 Å². The summed E-state index contributed by atoms with van der Waals surface area (Å²) in [6, 6.07) is 3.67. The van der Waals surface area contributed by atoms with Crippen LogP contribution in [0.5, 0.6) is 0 Å². The maximum Gasteiger partial charge on any atom is 0.253 e. The van der Waals surface area contributed by atoms with Gasteiger partial charge >= 0.3 is 0 Å². The van der Waals surface area contributed by atoms with Crippen molar-refractivity contribution in [3.05, 3.63) is 50.5 Å². The minimum atomic E-state index is -3.61. The Kier molecular flexibility index (Phi) is 16.1. The molecule has 1 heterocycles. The quantitative estimate of drug-likeness (QED) is 0.101. The number of ether oxygens (including phenoxy) is 3. The van der Waals surface area contributed by atoms with Crippen LogP contribution in [0.3, 0.4) is 0 Å². The van der Waals surface area contributed by atoms with Crippen LogP contribution in [-0.2, 0) is 35.6 Å². The Morgan fingerprint density at radius 2 is 1.51 bits per heavy atom. The molecule has 0 bridgehead atoms. The SMILES string of the molecule is COCCOCCOCCN(OCC1CCCCC1)S(=O)(=O)CCCCCCNc1c(NCc2ccncc2)c(=O)c1=O. The van der Waals surface area contributed by atoms with E-state index in [-0.39, 0.29) is 18.9 Å². The molecule has 0 atom stereocenters. The monoisotopic (exact) mass is 624 g/mol. The average Bonchev–Trinajstić information content (AvgIpc) is 3.02. The number of nitrogens with one attached hydrogen (secondary N) is 2. The predicted molar refractivity (Wildman–Crippen MR) is 166 cm³/mol. The van der Waals surface area contributed by atoms with Gasteiger partial charge in [-0.25, -0.2) is 8.42 Å². The average molecular weight is 625 g/mol. The number of anilines is 2. The van der Waals surface area contributed by atoms with E-state index in [1.54, 1.807) is 19.5 Å². The van der Waals surface area contributed by atoms with Crippen LogP contribution in [0, 0.1) is 5.92 Å². The molecule has 12 nitrogen and oxygen atoms in total. The molecule has 0 radical (unpaired) electrons. The smallest absolute Gasteiger partial charge is 0.253 e. The molecule has 0 unspecified atom stereocenters. The number of hydrogen-bond acceptors (Lipinski definition) is 11. The number of unbranched alkanes of at least 4 members (excludes halogenated alkanes) is 3. The normalized spacial score (nSPS) is 14.5. The van der Waals surface area contributed by atoms with E-state index >= 15 is 0 Å². The number of nitrogens with zero attached hydrogens (tertiary/aromatic N) is 2. The molecule has 0 spiro atoms. The number of hydroxylamine groups is 1. The molecule has 1 aromatic carbocycles. The first kappa shape index (κ1) is 35.1. The van der Waals surface area contributed by atoms with Gasteiger partial charge in [-0.1, -0.05) is 36.6 Å². The lowest BCUT2D eigenvalue weighted by atomic mass is 9.90. The van der Waals surface area contributed by atoms with Gasteiger partial charge in [-0.3, -0.25) is 19.4 Å². The third kappa shape index (κ3) is 12.6. The highest BCUT2D eigenvalue weighted by Gasteiger charge is 2.25. The summed E-state index contributed by atoms with van der Waals surface area (Å²) >= 11 is 0. The summed E-state index contributed by atoms with van der Waals surface area (Å²) in [5.74, 6) is 0.375. The first-order chi connectivity index (χ1) is 20.9. The fourth-order valence-electron chi connectivity index (χ4n) is 4.93.